The van der Waals surface area contributed by atoms with Crippen molar-refractivity contribution in [3.05, 3.63) is 97.0 Å². The third-order valence-corrected chi connectivity index (χ3v) is 7.78. The van der Waals surface area contributed by atoms with Crippen molar-refractivity contribution in [2.75, 3.05) is 11.9 Å². The number of nitrogens with one attached hydrogen (secondary N) is 2. The minimum atomic E-state index is -1.48. The van der Waals surface area contributed by atoms with Gasteiger partial charge in [0.15, 0.2) is 17.0 Å². The summed E-state index contributed by atoms with van der Waals surface area (Å²) in [6.07, 6.45) is 0. The number of nitrogens with zero attached hydrogens (tertiary/aromatic N) is 1. The molecule has 10 heteroatoms. The molecule has 1 amide bonds. The van der Waals surface area contributed by atoms with Crippen LogP contribution in [0.2, 0.25) is 5.02 Å². The van der Waals surface area contributed by atoms with E-state index in [9.17, 15) is 14.9 Å². The number of hydrogen-bond acceptors (Lipinski definition) is 6. The van der Waals surface area contributed by atoms with Crippen LogP contribution >= 0.6 is 27.5 Å². The molecule has 1 spiro atoms. The molecule has 8 nitrogen and oxygen atoms in total. The van der Waals surface area contributed by atoms with Gasteiger partial charge in [-0.15, -0.1) is 0 Å². The molecule has 2 aliphatic rings. The molecular formula is C27H25BrClN3O5. The average molecular weight is 587 g/mol. The molecule has 3 aromatic carbocycles. The summed E-state index contributed by atoms with van der Waals surface area (Å²) in [5.74, 6) is -0.0966. The number of ether oxygens (including phenoxy) is 2. The molecule has 2 heterocycles. The van der Waals surface area contributed by atoms with E-state index in [1.807, 2.05) is 38.1 Å². The minimum absolute atomic E-state index is 0.261. The van der Waals surface area contributed by atoms with Gasteiger partial charge in [0.1, 0.15) is 6.61 Å². The van der Waals surface area contributed by atoms with Crippen LogP contribution in [0.5, 0.6) is 11.5 Å². The molecule has 4 atom stereocenters. The van der Waals surface area contributed by atoms with E-state index in [2.05, 4.69) is 26.6 Å². The van der Waals surface area contributed by atoms with Gasteiger partial charge in [0.2, 0.25) is 0 Å². The van der Waals surface area contributed by atoms with Gasteiger partial charge in [-0.2, -0.15) is 0 Å². The standard InChI is InChI=1S/C27H25BrClN3O5/c1-3-36-22-13-17(12-20(28)24(22)37-14-16-7-6-8-18(29)11-16)23-15(2)31-27(25(23)32(34)35)19-9-4-5-10-21(19)30-26(27)33/h4-13,15,23,25,31H,3,14H2,1-2H3,(H,30,33)/t15-,23-,25-,27+/m0/s1. The number of para-hydroxylation sites is 1. The fourth-order valence-corrected chi connectivity index (χ4v) is 6.31. The lowest BCUT2D eigenvalue weighted by Gasteiger charge is -2.26. The molecule has 1 fully saturated rings. The highest BCUT2D eigenvalue weighted by Gasteiger charge is 2.67. The van der Waals surface area contributed by atoms with Gasteiger partial charge in [-0.05, 0) is 71.2 Å². The summed E-state index contributed by atoms with van der Waals surface area (Å²) in [7, 11) is 0. The highest BCUT2D eigenvalue weighted by Crippen LogP contribution is 2.51. The molecule has 3 aromatic rings. The number of benzene rings is 3. The van der Waals surface area contributed by atoms with Crippen molar-refractivity contribution in [3.8, 4) is 11.5 Å². The molecule has 0 unspecified atom stereocenters. The van der Waals surface area contributed by atoms with E-state index in [-0.39, 0.29) is 17.6 Å². The first-order valence-electron chi connectivity index (χ1n) is 11.9. The number of nitro groups is 1. The van der Waals surface area contributed by atoms with E-state index in [0.717, 1.165) is 5.56 Å². The van der Waals surface area contributed by atoms with Crippen molar-refractivity contribution in [3.63, 3.8) is 0 Å². The van der Waals surface area contributed by atoms with Crippen LogP contribution in [0.1, 0.15) is 36.5 Å². The highest BCUT2D eigenvalue weighted by molar-refractivity contribution is 9.10. The third-order valence-electron chi connectivity index (χ3n) is 6.95. The normalized spacial score (nSPS) is 24.1. The lowest BCUT2D eigenvalue weighted by atomic mass is 9.78. The SMILES string of the molecule is CCOc1cc([C@@H]2[C@H](C)N[C@@]3(C(=O)Nc4ccccc43)[C@H]2[N+](=O)[O-])cc(Br)c1OCc1cccc(Cl)c1. The van der Waals surface area contributed by atoms with Crippen molar-refractivity contribution in [1.82, 2.24) is 5.32 Å². The molecule has 0 aromatic heterocycles. The lowest BCUT2D eigenvalue weighted by molar-refractivity contribution is -0.532. The number of rotatable bonds is 7. The van der Waals surface area contributed by atoms with Gasteiger partial charge in [-0.3, -0.25) is 20.2 Å². The number of fused-ring (bicyclic) bond motifs is 2. The van der Waals surface area contributed by atoms with E-state index < -0.39 is 23.4 Å². The number of hydrogen-bond donors (Lipinski definition) is 2. The van der Waals surface area contributed by atoms with Gasteiger partial charge in [0.25, 0.3) is 11.9 Å². The Morgan fingerprint density at radius 2 is 1.92 bits per heavy atom. The quantitative estimate of drug-likeness (QED) is 0.274. The van der Waals surface area contributed by atoms with E-state index in [0.29, 0.717) is 44.4 Å². The van der Waals surface area contributed by atoms with Gasteiger partial charge in [0.05, 0.1) is 17.0 Å². The Morgan fingerprint density at radius 1 is 1.14 bits per heavy atom. The van der Waals surface area contributed by atoms with Crippen molar-refractivity contribution in [2.45, 2.75) is 44.0 Å². The van der Waals surface area contributed by atoms with Crippen LogP contribution in [0.25, 0.3) is 0 Å². The fourth-order valence-electron chi connectivity index (χ4n) is 5.52. The molecule has 5 rings (SSSR count). The fraction of sp³-hybridized carbons (Fsp3) is 0.296. The van der Waals surface area contributed by atoms with E-state index in [1.165, 1.54) is 0 Å². The predicted octanol–water partition coefficient (Wildman–Crippen LogP) is 5.65. The van der Waals surface area contributed by atoms with Crippen molar-refractivity contribution < 1.29 is 19.2 Å². The van der Waals surface area contributed by atoms with Crippen LogP contribution in [0.4, 0.5) is 5.69 Å². The maximum absolute atomic E-state index is 13.3. The molecule has 0 aliphatic carbocycles. The van der Waals surface area contributed by atoms with Crippen LogP contribution in [0, 0.1) is 10.1 Å². The zero-order valence-corrected chi connectivity index (χ0v) is 22.5. The molecule has 2 N–H and O–H groups in total. The second kappa shape index (κ2) is 9.96. The molecule has 2 aliphatic heterocycles. The Labute approximate surface area is 227 Å². The summed E-state index contributed by atoms with van der Waals surface area (Å²) >= 11 is 9.69. The molecule has 37 heavy (non-hydrogen) atoms. The molecule has 0 saturated carbocycles. The van der Waals surface area contributed by atoms with Gasteiger partial charge >= 0.3 is 0 Å². The Bertz CT molecular complexity index is 1390. The maximum Gasteiger partial charge on any atom is 0.256 e. The summed E-state index contributed by atoms with van der Waals surface area (Å²) < 4.78 is 12.6. The monoisotopic (exact) mass is 585 g/mol. The summed E-state index contributed by atoms with van der Waals surface area (Å²) in [5, 5.41) is 19.3. The smallest absolute Gasteiger partial charge is 0.256 e. The molecule has 0 bridgehead atoms. The number of anilines is 1. The second-order valence-corrected chi connectivity index (χ2v) is 10.5. The lowest BCUT2D eigenvalue weighted by Crippen LogP contribution is -2.54. The Hall–Kier alpha value is -3.14. The van der Waals surface area contributed by atoms with Gasteiger partial charge < -0.3 is 14.8 Å². The topological polar surface area (TPSA) is 103 Å². The average Bonchev–Trinajstić information content (AvgIpc) is 3.32. The predicted molar refractivity (Wildman–Crippen MR) is 144 cm³/mol. The largest absolute Gasteiger partial charge is 0.490 e. The molecule has 1 saturated heterocycles. The van der Waals surface area contributed by atoms with Crippen LogP contribution in [-0.2, 0) is 16.9 Å². The van der Waals surface area contributed by atoms with E-state index in [4.69, 9.17) is 21.1 Å². The van der Waals surface area contributed by atoms with Crippen LogP contribution in [0.3, 0.4) is 0 Å². The maximum atomic E-state index is 13.3. The molecule has 0 radical (unpaired) electrons. The Kier molecular flexibility index (Phi) is 6.87. The van der Waals surface area contributed by atoms with Gasteiger partial charge in [-0.25, -0.2) is 0 Å². The number of carbonyl (C=O) groups excluding carboxylic acids is 1. The number of halogens is 2. The first-order chi connectivity index (χ1) is 17.8. The zero-order valence-electron chi connectivity index (χ0n) is 20.2. The molecular weight excluding hydrogens is 562 g/mol. The summed E-state index contributed by atoms with van der Waals surface area (Å²) in [5.41, 5.74) is 1.24. The summed E-state index contributed by atoms with van der Waals surface area (Å²) in [4.78, 5) is 25.5. The van der Waals surface area contributed by atoms with E-state index >= 15 is 0 Å². The summed E-state index contributed by atoms with van der Waals surface area (Å²) in [6, 6.07) is 16.4. The van der Waals surface area contributed by atoms with Crippen molar-refractivity contribution in [1.29, 1.82) is 0 Å². The van der Waals surface area contributed by atoms with Crippen LogP contribution < -0.4 is 20.1 Å². The highest BCUT2D eigenvalue weighted by atomic mass is 79.9. The van der Waals surface area contributed by atoms with Crippen LogP contribution in [0.15, 0.2) is 65.1 Å². The number of amides is 1. The zero-order chi connectivity index (χ0) is 26.3. The molecule has 192 valence electrons. The van der Waals surface area contributed by atoms with Crippen molar-refractivity contribution >= 4 is 39.1 Å². The van der Waals surface area contributed by atoms with Crippen molar-refractivity contribution in [2.24, 2.45) is 0 Å². The van der Waals surface area contributed by atoms with E-state index in [1.54, 1.807) is 36.4 Å². The Morgan fingerprint density at radius 3 is 2.65 bits per heavy atom. The minimum Gasteiger partial charge on any atom is -0.490 e. The Balaban J connectivity index is 1.55. The second-order valence-electron chi connectivity index (χ2n) is 9.18. The van der Waals surface area contributed by atoms with Crippen LogP contribution in [-0.4, -0.2) is 29.5 Å². The first-order valence-corrected chi connectivity index (χ1v) is 13.1. The summed E-state index contributed by atoms with van der Waals surface area (Å²) in [6.45, 7) is 4.36. The van der Waals surface area contributed by atoms with Gasteiger partial charge in [-0.1, -0.05) is 41.9 Å². The number of carbonyl (C=O) groups is 1. The first kappa shape index (κ1) is 25.5. The third kappa shape index (κ3) is 4.35. The van der Waals surface area contributed by atoms with Gasteiger partial charge in [0, 0.05) is 27.2 Å².